The second-order valence-corrected chi connectivity index (χ2v) is 7.47. The van der Waals surface area contributed by atoms with Gasteiger partial charge >= 0.3 is 12.4 Å². The molecule has 3 rings (SSSR count). The summed E-state index contributed by atoms with van der Waals surface area (Å²) in [6, 6.07) is 2.23. The minimum Gasteiger partial charge on any atom is -0.474 e. The minimum absolute atomic E-state index is 0.106. The largest absolute Gasteiger partial charge is 0.474 e. The van der Waals surface area contributed by atoms with Crippen LogP contribution in [0.2, 0.25) is 0 Å². The van der Waals surface area contributed by atoms with E-state index in [1.54, 1.807) is 4.90 Å². The van der Waals surface area contributed by atoms with Gasteiger partial charge in [0, 0.05) is 38.7 Å². The zero-order valence-corrected chi connectivity index (χ0v) is 17.2. The molecule has 0 N–H and O–H groups in total. The van der Waals surface area contributed by atoms with Crippen molar-refractivity contribution in [1.82, 2.24) is 14.8 Å². The molecule has 32 heavy (non-hydrogen) atoms. The highest BCUT2D eigenvalue weighted by Crippen LogP contribution is 2.36. The SMILES string of the molecule is CCCCn1nc(C(F)(F)F)c(C=O)c1OC1CCN(c2ccc(C(F)(F)F)cn2)CC1. The number of pyridine rings is 1. The molecule has 0 radical (unpaired) electrons. The fourth-order valence-corrected chi connectivity index (χ4v) is 3.46. The number of carbonyl (C=O) groups is 1. The van der Waals surface area contributed by atoms with Crippen LogP contribution in [0.4, 0.5) is 32.2 Å². The predicted octanol–water partition coefficient (Wildman–Crippen LogP) is 4.98. The third-order valence-corrected chi connectivity index (χ3v) is 5.17. The number of rotatable bonds is 7. The van der Waals surface area contributed by atoms with Gasteiger partial charge < -0.3 is 9.64 Å². The molecule has 1 fully saturated rings. The van der Waals surface area contributed by atoms with Gasteiger partial charge in [-0.2, -0.15) is 31.4 Å². The highest BCUT2D eigenvalue weighted by atomic mass is 19.4. The molecule has 0 saturated carbocycles. The predicted molar refractivity (Wildman–Crippen MR) is 103 cm³/mol. The van der Waals surface area contributed by atoms with Gasteiger partial charge in [-0.15, -0.1) is 0 Å². The van der Waals surface area contributed by atoms with Crippen molar-refractivity contribution in [1.29, 1.82) is 0 Å². The maximum absolute atomic E-state index is 13.3. The van der Waals surface area contributed by atoms with Gasteiger partial charge in [-0.3, -0.25) is 4.79 Å². The van der Waals surface area contributed by atoms with Gasteiger partial charge in [0.05, 0.1) is 5.56 Å². The fourth-order valence-electron chi connectivity index (χ4n) is 3.46. The molecule has 3 heterocycles. The number of anilines is 1. The highest BCUT2D eigenvalue weighted by Gasteiger charge is 2.40. The smallest absolute Gasteiger partial charge is 0.436 e. The van der Waals surface area contributed by atoms with Crippen molar-refractivity contribution in [3.8, 4) is 5.88 Å². The fraction of sp³-hybridized carbons (Fsp3) is 0.550. The van der Waals surface area contributed by atoms with Gasteiger partial charge in [0.15, 0.2) is 12.0 Å². The lowest BCUT2D eigenvalue weighted by Crippen LogP contribution is -2.39. The van der Waals surface area contributed by atoms with Crippen molar-refractivity contribution >= 4 is 12.1 Å². The first-order valence-electron chi connectivity index (χ1n) is 10.1. The zero-order valence-electron chi connectivity index (χ0n) is 17.2. The average molecular weight is 464 g/mol. The highest BCUT2D eigenvalue weighted by molar-refractivity contribution is 5.80. The summed E-state index contributed by atoms with van der Waals surface area (Å²) in [5.74, 6) is 0.171. The Morgan fingerprint density at radius 1 is 1.12 bits per heavy atom. The molecular weight excluding hydrogens is 442 g/mol. The zero-order chi connectivity index (χ0) is 23.5. The molecule has 0 atom stereocenters. The lowest BCUT2D eigenvalue weighted by Gasteiger charge is -2.33. The summed E-state index contributed by atoms with van der Waals surface area (Å²) in [7, 11) is 0. The summed E-state index contributed by atoms with van der Waals surface area (Å²) in [6.45, 7) is 2.82. The normalized spacial score (nSPS) is 15.8. The van der Waals surface area contributed by atoms with Gasteiger partial charge in [0.25, 0.3) is 0 Å². The van der Waals surface area contributed by atoms with Crippen LogP contribution in [0.5, 0.6) is 5.88 Å². The van der Waals surface area contributed by atoms with Crippen LogP contribution in [0, 0.1) is 0 Å². The third-order valence-electron chi connectivity index (χ3n) is 5.17. The number of unbranched alkanes of at least 4 members (excludes halogenated alkanes) is 1. The summed E-state index contributed by atoms with van der Waals surface area (Å²) in [4.78, 5) is 17.1. The topological polar surface area (TPSA) is 60.3 Å². The average Bonchev–Trinajstić information content (AvgIpc) is 3.10. The molecule has 1 aliphatic rings. The van der Waals surface area contributed by atoms with Crippen LogP contribution in [-0.4, -0.2) is 40.2 Å². The number of ether oxygens (including phenoxy) is 1. The lowest BCUT2D eigenvalue weighted by atomic mass is 10.1. The monoisotopic (exact) mass is 464 g/mol. The van der Waals surface area contributed by atoms with E-state index < -0.39 is 35.3 Å². The number of carbonyl (C=O) groups excluding carboxylic acids is 1. The molecule has 1 aliphatic heterocycles. The summed E-state index contributed by atoms with van der Waals surface area (Å²) < 4.78 is 84.9. The number of aryl methyl sites for hydroxylation is 1. The Morgan fingerprint density at radius 2 is 1.81 bits per heavy atom. The second kappa shape index (κ2) is 9.37. The summed E-state index contributed by atoms with van der Waals surface area (Å²) in [6.07, 6.45) is -6.81. The molecule has 0 unspecified atom stereocenters. The van der Waals surface area contributed by atoms with Crippen LogP contribution >= 0.6 is 0 Å². The molecule has 0 aromatic carbocycles. The Hall–Kier alpha value is -2.79. The minimum atomic E-state index is -4.79. The molecule has 176 valence electrons. The first-order chi connectivity index (χ1) is 15.0. The van der Waals surface area contributed by atoms with Gasteiger partial charge in [-0.1, -0.05) is 13.3 Å². The Balaban J connectivity index is 1.71. The lowest BCUT2D eigenvalue weighted by molar-refractivity contribution is -0.141. The second-order valence-electron chi connectivity index (χ2n) is 7.47. The van der Waals surface area contributed by atoms with E-state index in [2.05, 4.69) is 10.1 Å². The van der Waals surface area contributed by atoms with Gasteiger partial charge in [0.1, 0.15) is 17.5 Å². The number of halogens is 6. The Labute approximate surface area is 180 Å². The third kappa shape index (κ3) is 5.33. The van der Waals surface area contributed by atoms with Crippen LogP contribution in [0.25, 0.3) is 0 Å². The van der Waals surface area contributed by atoms with E-state index in [1.807, 2.05) is 6.92 Å². The molecule has 2 aromatic rings. The van der Waals surface area contributed by atoms with E-state index in [-0.39, 0.29) is 18.7 Å². The molecule has 2 aromatic heterocycles. The van der Waals surface area contributed by atoms with Crippen molar-refractivity contribution in [3.63, 3.8) is 0 Å². The summed E-state index contributed by atoms with van der Waals surface area (Å²) in [5.41, 5.74) is -2.74. The molecule has 6 nitrogen and oxygen atoms in total. The first kappa shape index (κ1) is 23.9. The molecule has 12 heteroatoms. The summed E-state index contributed by atoms with van der Waals surface area (Å²) in [5, 5.41) is 3.57. The number of aromatic nitrogens is 3. The quantitative estimate of drug-likeness (QED) is 0.428. The number of hydrogen-bond donors (Lipinski definition) is 0. The summed E-state index contributed by atoms with van der Waals surface area (Å²) >= 11 is 0. The van der Waals surface area contributed by atoms with Crippen LogP contribution in [0.3, 0.4) is 0 Å². The van der Waals surface area contributed by atoms with Crippen LogP contribution in [0.1, 0.15) is 54.2 Å². The van der Waals surface area contributed by atoms with E-state index in [1.165, 1.54) is 6.07 Å². The number of alkyl halides is 6. The number of hydrogen-bond acceptors (Lipinski definition) is 5. The maximum atomic E-state index is 13.3. The van der Waals surface area contributed by atoms with Gasteiger partial charge in [0.2, 0.25) is 5.88 Å². The Bertz CT molecular complexity index is 916. The number of nitrogens with zero attached hydrogens (tertiary/aromatic N) is 4. The van der Waals surface area contributed by atoms with E-state index in [4.69, 9.17) is 4.74 Å². The van der Waals surface area contributed by atoms with Crippen LogP contribution in [0.15, 0.2) is 18.3 Å². The molecule has 0 bridgehead atoms. The van der Waals surface area contributed by atoms with Gasteiger partial charge in [-0.25, -0.2) is 9.67 Å². The van der Waals surface area contributed by atoms with Gasteiger partial charge in [-0.05, 0) is 18.6 Å². The van der Waals surface area contributed by atoms with Crippen LogP contribution < -0.4 is 9.64 Å². The maximum Gasteiger partial charge on any atom is 0.436 e. The van der Waals surface area contributed by atoms with E-state index >= 15 is 0 Å². The molecule has 1 saturated heterocycles. The number of aldehydes is 1. The van der Waals surface area contributed by atoms with Crippen molar-refractivity contribution < 1.29 is 35.9 Å². The molecule has 0 spiro atoms. The Kier molecular flexibility index (Phi) is 6.99. The van der Waals surface area contributed by atoms with Crippen molar-refractivity contribution in [2.45, 2.75) is 57.6 Å². The van der Waals surface area contributed by atoms with E-state index in [9.17, 15) is 31.1 Å². The molecule has 0 amide bonds. The first-order valence-corrected chi connectivity index (χ1v) is 10.1. The van der Waals surface area contributed by atoms with E-state index in [0.717, 1.165) is 23.4 Å². The van der Waals surface area contributed by atoms with Crippen molar-refractivity contribution in [3.05, 3.63) is 35.2 Å². The van der Waals surface area contributed by atoms with Crippen LogP contribution in [-0.2, 0) is 18.9 Å². The molecule has 0 aliphatic carbocycles. The van der Waals surface area contributed by atoms with Crippen molar-refractivity contribution in [2.24, 2.45) is 0 Å². The Morgan fingerprint density at radius 3 is 2.31 bits per heavy atom. The standard InChI is InChI=1S/C20H22F6N4O2/c1-2-3-8-30-18(15(12-31)17(28-30)20(24,25)26)32-14-6-9-29(10-7-14)16-5-4-13(11-27-16)19(21,22)23/h4-5,11-12,14H,2-3,6-10H2,1H3. The number of piperidine rings is 1. The molecular formula is C20H22F6N4O2. The van der Waals surface area contributed by atoms with Crippen molar-refractivity contribution in [2.75, 3.05) is 18.0 Å². The van der Waals surface area contributed by atoms with E-state index in [0.29, 0.717) is 38.2 Å².